The third-order valence-electron chi connectivity index (χ3n) is 4.80. The van der Waals surface area contributed by atoms with Crippen LogP contribution in [0.5, 0.6) is 0 Å². The van der Waals surface area contributed by atoms with Gasteiger partial charge in [-0.25, -0.2) is 0 Å². The summed E-state index contributed by atoms with van der Waals surface area (Å²) < 4.78 is 5.48. The first-order valence-electron chi connectivity index (χ1n) is 9.35. The van der Waals surface area contributed by atoms with E-state index in [1.54, 1.807) is 18.3 Å². The number of amides is 1. The summed E-state index contributed by atoms with van der Waals surface area (Å²) in [6.45, 7) is 5.50. The number of nitrogens with zero attached hydrogens (tertiary/aromatic N) is 4. The smallest absolute Gasteiger partial charge is 0.273 e. The van der Waals surface area contributed by atoms with Gasteiger partial charge in [-0.2, -0.15) is 9.90 Å². The zero-order chi connectivity index (χ0) is 19.3. The van der Waals surface area contributed by atoms with Crippen molar-refractivity contribution in [2.24, 2.45) is 0 Å². The van der Waals surface area contributed by atoms with Gasteiger partial charge in [0.2, 0.25) is 0 Å². The molecule has 1 unspecified atom stereocenters. The quantitative estimate of drug-likeness (QED) is 0.692. The number of benzene rings is 1. The average Bonchev–Trinajstić information content (AvgIpc) is 3.40. The predicted molar refractivity (Wildman–Crippen MR) is 108 cm³/mol. The molecule has 3 aromatic rings. The number of aryl methyl sites for hydroxylation is 1. The molecule has 0 aliphatic carbocycles. The first-order chi connectivity index (χ1) is 13.7. The SMILES string of the molecule is Cc1nn(-c2ccccc2)nc1C(=O)NCC(c1cccs1)N1CCOCC1. The van der Waals surface area contributed by atoms with Gasteiger partial charge < -0.3 is 10.1 Å². The maximum absolute atomic E-state index is 12.8. The minimum atomic E-state index is -0.200. The first-order valence-corrected chi connectivity index (χ1v) is 10.2. The van der Waals surface area contributed by atoms with Crippen molar-refractivity contribution in [3.05, 3.63) is 64.1 Å². The molecule has 1 aromatic carbocycles. The molecule has 146 valence electrons. The molecule has 0 saturated carbocycles. The van der Waals surface area contributed by atoms with Crippen molar-refractivity contribution >= 4 is 17.2 Å². The monoisotopic (exact) mass is 397 g/mol. The van der Waals surface area contributed by atoms with Gasteiger partial charge in [0, 0.05) is 24.5 Å². The maximum Gasteiger partial charge on any atom is 0.273 e. The van der Waals surface area contributed by atoms with Crippen LogP contribution in [0, 0.1) is 6.92 Å². The van der Waals surface area contributed by atoms with E-state index in [4.69, 9.17) is 4.74 Å². The summed E-state index contributed by atoms with van der Waals surface area (Å²) in [5.41, 5.74) is 1.80. The van der Waals surface area contributed by atoms with Crippen LogP contribution in [0.3, 0.4) is 0 Å². The van der Waals surface area contributed by atoms with Crippen LogP contribution >= 0.6 is 11.3 Å². The van der Waals surface area contributed by atoms with Gasteiger partial charge in [0.15, 0.2) is 5.69 Å². The molecule has 1 amide bonds. The Labute approximate surface area is 167 Å². The number of hydrogen-bond acceptors (Lipinski definition) is 6. The molecule has 7 nitrogen and oxygen atoms in total. The van der Waals surface area contributed by atoms with E-state index in [0.717, 1.165) is 32.0 Å². The molecular weight excluding hydrogens is 374 g/mol. The van der Waals surface area contributed by atoms with Crippen LogP contribution in [0.15, 0.2) is 47.8 Å². The van der Waals surface area contributed by atoms with E-state index >= 15 is 0 Å². The molecule has 1 saturated heterocycles. The molecule has 0 bridgehead atoms. The lowest BCUT2D eigenvalue weighted by molar-refractivity contribution is 0.0169. The Kier molecular flexibility index (Phi) is 5.80. The molecule has 1 N–H and O–H groups in total. The predicted octanol–water partition coefficient (Wildman–Crippen LogP) is 2.44. The zero-order valence-electron chi connectivity index (χ0n) is 15.7. The Bertz CT molecular complexity index is 904. The van der Waals surface area contributed by atoms with Gasteiger partial charge in [-0.3, -0.25) is 9.69 Å². The molecule has 1 aliphatic rings. The van der Waals surface area contributed by atoms with Crippen molar-refractivity contribution in [3.8, 4) is 5.69 Å². The highest BCUT2D eigenvalue weighted by Gasteiger charge is 2.25. The number of carbonyl (C=O) groups excluding carboxylic acids is 1. The van der Waals surface area contributed by atoms with E-state index in [9.17, 15) is 4.79 Å². The summed E-state index contributed by atoms with van der Waals surface area (Å²) in [4.78, 5) is 17.9. The largest absolute Gasteiger partial charge is 0.379 e. The summed E-state index contributed by atoms with van der Waals surface area (Å²) in [5, 5.41) is 13.9. The van der Waals surface area contributed by atoms with Gasteiger partial charge >= 0.3 is 0 Å². The fourth-order valence-electron chi connectivity index (χ4n) is 3.32. The van der Waals surface area contributed by atoms with Crippen molar-refractivity contribution in [1.82, 2.24) is 25.2 Å². The molecule has 2 aromatic heterocycles. The van der Waals surface area contributed by atoms with Gasteiger partial charge in [-0.05, 0) is 30.5 Å². The number of morpholine rings is 1. The molecule has 1 aliphatic heterocycles. The topological polar surface area (TPSA) is 72.3 Å². The zero-order valence-corrected chi connectivity index (χ0v) is 16.6. The van der Waals surface area contributed by atoms with Crippen molar-refractivity contribution in [2.75, 3.05) is 32.8 Å². The third kappa shape index (κ3) is 4.14. The number of thiophene rings is 1. The number of ether oxygens (including phenoxy) is 1. The lowest BCUT2D eigenvalue weighted by atomic mass is 10.2. The second-order valence-electron chi connectivity index (χ2n) is 6.65. The van der Waals surface area contributed by atoms with E-state index in [1.165, 1.54) is 9.67 Å². The van der Waals surface area contributed by atoms with Crippen LogP contribution < -0.4 is 5.32 Å². The lowest BCUT2D eigenvalue weighted by Crippen LogP contribution is -2.43. The fourth-order valence-corrected chi connectivity index (χ4v) is 4.18. The normalized spacial score (nSPS) is 16.0. The Balaban J connectivity index is 1.47. The van der Waals surface area contributed by atoms with Crippen molar-refractivity contribution < 1.29 is 9.53 Å². The minimum Gasteiger partial charge on any atom is -0.379 e. The molecule has 4 rings (SSSR count). The highest BCUT2D eigenvalue weighted by molar-refractivity contribution is 7.10. The number of rotatable bonds is 6. The Morgan fingerprint density at radius 3 is 2.68 bits per heavy atom. The lowest BCUT2D eigenvalue weighted by Gasteiger charge is -2.34. The molecule has 1 atom stereocenters. The Morgan fingerprint density at radius 1 is 1.18 bits per heavy atom. The molecule has 0 radical (unpaired) electrons. The number of para-hydroxylation sites is 1. The Morgan fingerprint density at radius 2 is 1.96 bits per heavy atom. The highest BCUT2D eigenvalue weighted by Crippen LogP contribution is 2.25. The first kappa shape index (κ1) is 18.8. The average molecular weight is 398 g/mol. The molecule has 0 spiro atoms. The fraction of sp³-hybridized carbons (Fsp3) is 0.350. The second-order valence-corrected chi connectivity index (χ2v) is 7.63. The van der Waals surface area contributed by atoms with Crippen molar-refractivity contribution in [2.45, 2.75) is 13.0 Å². The van der Waals surface area contributed by atoms with Gasteiger partial charge in [-0.1, -0.05) is 24.3 Å². The number of aromatic nitrogens is 3. The van der Waals surface area contributed by atoms with E-state index in [2.05, 4.69) is 31.9 Å². The maximum atomic E-state index is 12.8. The standard InChI is InChI=1S/C20H23N5O2S/c1-15-19(23-25(22-15)16-6-3-2-4-7-16)20(26)21-14-17(18-8-5-13-28-18)24-9-11-27-12-10-24/h2-8,13,17H,9-12,14H2,1H3,(H,21,26). The summed E-state index contributed by atoms with van der Waals surface area (Å²) in [5.74, 6) is -0.200. The van der Waals surface area contributed by atoms with Crippen molar-refractivity contribution in [3.63, 3.8) is 0 Å². The van der Waals surface area contributed by atoms with Crippen LogP contribution in [0.25, 0.3) is 5.69 Å². The van der Waals surface area contributed by atoms with Gasteiger partial charge in [-0.15, -0.1) is 16.4 Å². The van der Waals surface area contributed by atoms with E-state index < -0.39 is 0 Å². The number of hydrogen-bond donors (Lipinski definition) is 1. The van der Waals surface area contributed by atoms with Gasteiger partial charge in [0.05, 0.1) is 30.6 Å². The summed E-state index contributed by atoms with van der Waals surface area (Å²) in [6.07, 6.45) is 0. The molecule has 3 heterocycles. The van der Waals surface area contributed by atoms with Crippen LogP contribution in [-0.4, -0.2) is 58.6 Å². The van der Waals surface area contributed by atoms with Gasteiger partial charge in [0.25, 0.3) is 5.91 Å². The summed E-state index contributed by atoms with van der Waals surface area (Å²) in [7, 11) is 0. The Hall–Kier alpha value is -2.55. The summed E-state index contributed by atoms with van der Waals surface area (Å²) in [6, 6.07) is 13.9. The number of carbonyl (C=O) groups is 1. The van der Waals surface area contributed by atoms with Crippen LogP contribution in [0.4, 0.5) is 0 Å². The van der Waals surface area contributed by atoms with E-state index in [0.29, 0.717) is 17.9 Å². The van der Waals surface area contributed by atoms with Gasteiger partial charge in [0.1, 0.15) is 0 Å². The molecule has 1 fully saturated rings. The van der Waals surface area contributed by atoms with Crippen molar-refractivity contribution in [1.29, 1.82) is 0 Å². The van der Waals surface area contributed by atoms with Crippen LogP contribution in [-0.2, 0) is 4.74 Å². The molecule has 28 heavy (non-hydrogen) atoms. The second kappa shape index (κ2) is 8.64. The highest BCUT2D eigenvalue weighted by atomic mass is 32.1. The molecule has 8 heteroatoms. The number of nitrogens with one attached hydrogen (secondary N) is 1. The van der Waals surface area contributed by atoms with E-state index in [-0.39, 0.29) is 11.9 Å². The van der Waals surface area contributed by atoms with Crippen LogP contribution in [0.1, 0.15) is 27.1 Å². The summed E-state index contributed by atoms with van der Waals surface area (Å²) >= 11 is 1.71. The minimum absolute atomic E-state index is 0.136. The molecular formula is C20H23N5O2S. The van der Waals surface area contributed by atoms with Crippen LogP contribution in [0.2, 0.25) is 0 Å². The third-order valence-corrected chi connectivity index (χ3v) is 5.77. The van der Waals surface area contributed by atoms with E-state index in [1.807, 2.05) is 36.4 Å².